The van der Waals surface area contributed by atoms with E-state index in [1.54, 1.807) is 12.1 Å². The fourth-order valence-electron chi connectivity index (χ4n) is 0.433. The number of hydrogen-bond acceptors (Lipinski definition) is 2. The molecule has 0 saturated carbocycles. The normalized spacial score (nSPS) is 8.60. The summed E-state index contributed by atoms with van der Waals surface area (Å²) in [5, 5.41) is 0.788. The van der Waals surface area contributed by atoms with Gasteiger partial charge in [-0.05, 0) is 12.1 Å². The van der Waals surface area contributed by atoms with Crippen LogP contribution in [0.15, 0.2) is 12.1 Å². The van der Waals surface area contributed by atoms with Crippen molar-refractivity contribution >= 4 is 29.0 Å². The lowest BCUT2D eigenvalue weighted by atomic mass is 10.5. The molecule has 0 spiro atoms. The van der Waals surface area contributed by atoms with E-state index in [1.807, 2.05) is 0 Å². The van der Waals surface area contributed by atoms with Crippen molar-refractivity contribution in [3.8, 4) is 0 Å². The smallest absolute Gasteiger partial charge is 0.143 e. The Labute approximate surface area is 68.1 Å². The lowest BCUT2D eigenvalue weighted by Crippen LogP contribution is -1.89. The summed E-state index contributed by atoms with van der Waals surface area (Å²) < 4.78 is 0. The van der Waals surface area contributed by atoms with E-state index in [0.29, 0.717) is 10.2 Å². The first kappa shape index (κ1) is 9.49. The van der Waals surface area contributed by atoms with Gasteiger partial charge in [0.1, 0.15) is 11.0 Å². The van der Waals surface area contributed by atoms with Gasteiger partial charge in [-0.25, -0.2) is 4.98 Å². The summed E-state index contributed by atoms with van der Waals surface area (Å²) in [6, 6.07) is 3.19. The van der Waals surface area contributed by atoms with Gasteiger partial charge in [0.05, 0.1) is 5.02 Å². The van der Waals surface area contributed by atoms with E-state index in [-0.39, 0.29) is 11.3 Å². The largest absolute Gasteiger partial charge is 0.412 e. The van der Waals surface area contributed by atoms with Crippen LogP contribution in [0, 0.1) is 0 Å². The van der Waals surface area contributed by atoms with Crippen molar-refractivity contribution in [1.29, 1.82) is 0 Å². The lowest BCUT2D eigenvalue weighted by molar-refractivity contribution is 0.824. The second-order valence-electron chi connectivity index (χ2n) is 1.50. The Morgan fingerprint density at radius 2 is 1.90 bits per heavy atom. The summed E-state index contributed by atoms with van der Waals surface area (Å²) in [4.78, 5) is 3.68. The first-order chi connectivity index (χ1) is 4.20. The Kier molecular flexibility index (Phi) is 3.42. The highest BCUT2D eigenvalue weighted by Crippen LogP contribution is 2.17. The van der Waals surface area contributed by atoms with Gasteiger partial charge >= 0.3 is 0 Å². The van der Waals surface area contributed by atoms with Crippen molar-refractivity contribution in [3.63, 3.8) is 0 Å². The van der Waals surface area contributed by atoms with Crippen molar-refractivity contribution in [1.82, 2.24) is 4.98 Å². The molecule has 0 aliphatic rings. The fourth-order valence-corrected chi connectivity index (χ4v) is 0.692. The highest BCUT2D eigenvalue weighted by Gasteiger charge is 1.95. The van der Waals surface area contributed by atoms with Gasteiger partial charge in [-0.1, -0.05) is 23.2 Å². The van der Waals surface area contributed by atoms with Crippen LogP contribution in [0.25, 0.3) is 0 Å². The number of halogens is 2. The number of aromatic nitrogens is 1. The second kappa shape index (κ2) is 3.61. The molecule has 0 fully saturated rings. The van der Waals surface area contributed by atoms with Gasteiger partial charge in [-0.3, -0.25) is 0 Å². The third kappa shape index (κ3) is 2.02. The SMILES string of the molecule is Nc1nc(Cl)ccc1Cl.O. The first-order valence-corrected chi connectivity index (χ1v) is 3.03. The standard InChI is InChI=1S/C5H4Cl2N2.H2O/c6-3-1-2-4(7)9-5(3)8;/h1-2H,(H2,8,9);1H2. The number of anilines is 1. The summed E-state index contributed by atoms with van der Waals surface area (Å²) in [6.45, 7) is 0. The van der Waals surface area contributed by atoms with E-state index in [0.717, 1.165) is 0 Å². The van der Waals surface area contributed by atoms with Crippen LogP contribution in [-0.2, 0) is 0 Å². The highest BCUT2D eigenvalue weighted by molar-refractivity contribution is 6.34. The minimum atomic E-state index is 0. The molecule has 0 unspecified atom stereocenters. The molecule has 0 atom stereocenters. The Morgan fingerprint density at radius 1 is 1.30 bits per heavy atom. The van der Waals surface area contributed by atoms with Crippen molar-refractivity contribution in [2.24, 2.45) is 0 Å². The maximum absolute atomic E-state index is 5.53. The number of nitrogen functional groups attached to an aromatic ring is 1. The van der Waals surface area contributed by atoms with Gasteiger partial charge < -0.3 is 11.2 Å². The van der Waals surface area contributed by atoms with E-state index < -0.39 is 0 Å². The van der Waals surface area contributed by atoms with Crippen LogP contribution in [0.2, 0.25) is 10.2 Å². The van der Waals surface area contributed by atoms with Crippen molar-refractivity contribution < 1.29 is 5.48 Å². The zero-order valence-corrected chi connectivity index (χ0v) is 6.45. The molecule has 0 amide bonds. The number of rotatable bonds is 0. The molecule has 0 aromatic carbocycles. The Hall–Kier alpha value is -0.510. The van der Waals surface area contributed by atoms with Crippen LogP contribution in [0.5, 0.6) is 0 Å². The van der Waals surface area contributed by atoms with E-state index >= 15 is 0 Å². The summed E-state index contributed by atoms with van der Waals surface area (Å²) in [5.74, 6) is 0.268. The van der Waals surface area contributed by atoms with Gasteiger partial charge in [0.15, 0.2) is 0 Å². The van der Waals surface area contributed by atoms with E-state index in [2.05, 4.69) is 4.98 Å². The van der Waals surface area contributed by atoms with Gasteiger partial charge in [0.2, 0.25) is 0 Å². The second-order valence-corrected chi connectivity index (χ2v) is 2.30. The highest BCUT2D eigenvalue weighted by atomic mass is 35.5. The number of pyridine rings is 1. The van der Waals surface area contributed by atoms with E-state index in [1.165, 1.54) is 0 Å². The Balaban J connectivity index is 0.000000810. The van der Waals surface area contributed by atoms with Crippen molar-refractivity contribution in [3.05, 3.63) is 22.3 Å². The molecule has 0 aliphatic heterocycles. The average molecular weight is 181 g/mol. The van der Waals surface area contributed by atoms with Gasteiger partial charge in [-0.2, -0.15) is 0 Å². The molecule has 5 heteroatoms. The zero-order chi connectivity index (χ0) is 6.85. The van der Waals surface area contributed by atoms with Crippen LogP contribution in [0.4, 0.5) is 5.82 Å². The molecule has 0 saturated heterocycles. The molecule has 10 heavy (non-hydrogen) atoms. The number of nitrogens with two attached hydrogens (primary N) is 1. The summed E-state index contributed by atoms with van der Waals surface area (Å²) >= 11 is 11.0. The van der Waals surface area contributed by atoms with Gasteiger partial charge in [0, 0.05) is 0 Å². The number of hydrogen-bond donors (Lipinski definition) is 1. The van der Waals surface area contributed by atoms with E-state index in [4.69, 9.17) is 28.9 Å². The molecule has 1 aromatic heterocycles. The topological polar surface area (TPSA) is 70.4 Å². The van der Waals surface area contributed by atoms with Gasteiger partial charge in [0.25, 0.3) is 0 Å². The third-order valence-corrected chi connectivity index (χ3v) is 1.37. The predicted octanol–water partition coefficient (Wildman–Crippen LogP) is 1.15. The minimum Gasteiger partial charge on any atom is -0.412 e. The zero-order valence-electron chi connectivity index (χ0n) is 4.94. The van der Waals surface area contributed by atoms with Crippen molar-refractivity contribution in [2.45, 2.75) is 0 Å². The molecule has 4 N–H and O–H groups in total. The average Bonchev–Trinajstić information content (AvgIpc) is 1.80. The quantitative estimate of drug-likeness (QED) is 0.609. The molecule has 0 aliphatic carbocycles. The monoisotopic (exact) mass is 180 g/mol. The lowest BCUT2D eigenvalue weighted by Gasteiger charge is -1.93. The van der Waals surface area contributed by atoms with Crippen LogP contribution >= 0.6 is 23.2 Å². The summed E-state index contributed by atoms with van der Waals surface area (Å²) in [7, 11) is 0. The predicted molar refractivity (Wildman–Crippen MR) is 42.3 cm³/mol. The molecular weight excluding hydrogens is 175 g/mol. The fraction of sp³-hybridized carbons (Fsp3) is 0. The summed E-state index contributed by atoms with van der Waals surface area (Å²) in [6.07, 6.45) is 0. The first-order valence-electron chi connectivity index (χ1n) is 2.27. The Bertz CT molecular complexity index is 229. The molecule has 1 heterocycles. The molecule has 1 rings (SSSR count). The summed E-state index contributed by atoms with van der Waals surface area (Å²) in [5.41, 5.74) is 5.29. The maximum Gasteiger partial charge on any atom is 0.143 e. The Morgan fingerprint density at radius 3 is 2.30 bits per heavy atom. The van der Waals surface area contributed by atoms with Crippen LogP contribution in [0.1, 0.15) is 0 Å². The minimum absolute atomic E-state index is 0. The van der Waals surface area contributed by atoms with Crippen molar-refractivity contribution in [2.75, 3.05) is 5.73 Å². The third-order valence-electron chi connectivity index (χ3n) is 0.839. The van der Waals surface area contributed by atoms with Gasteiger partial charge in [-0.15, -0.1) is 0 Å². The molecule has 0 radical (unpaired) electrons. The number of nitrogens with zero attached hydrogens (tertiary/aromatic N) is 1. The molecule has 1 aromatic rings. The van der Waals surface area contributed by atoms with Crippen LogP contribution < -0.4 is 5.73 Å². The molecular formula is C5H6Cl2N2O. The molecule has 56 valence electrons. The van der Waals surface area contributed by atoms with E-state index in [9.17, 15) is 0 Å². The van der Waals surface area contributed by atoms with Crippen LogP contribution in [-0.4, -0.2) is 10.5 Å². The maximum atomic E-state index is 5.53. The molecule has 3 nitrogen and oxygen atoms in total. The molecule has 0 bridgehead atoms. The van der Waals surface area contributed by atoms with Crippen LogP contribution in [0.3, 0.4) is 0 Å².